The number of benzene rings is 5. The highest BCUT2D eigenvalue weighted by Crippen LogP contribution is 2.47. The van der Waals surface area contributed by atoms with Gasteiger partial charge in [-0.1, -0.05) is 121 Å². The summed E-state index contributed by atoms with van der Waals surface area (Å²) >= 11 is 0. The Kier molecular flexibility index (Phi) is 10.8. The van der Waals surface area contributed by atoms with Crippen molar-refractivity contribution in [2.75, 3.05) is 0 Å². The molecule has 1 unspecified atom stereocenters. The third kappa shape index (κ3) is 8.13. The van der Waals surface area contributed by atoms with Crippen molar-refractivity contribution in [1.29, 1.82) is 0 Å². The van der Waals surface area contributed by atoms with Gasteiger partial charge in [-0.3, -0.25) is 4.79 Å². The van der Waals surface area contributed by atoms with Crippen molar-refractivity contribution >= 4 is 22.8 Å². The van der Waals surface area contributed by atoms with Crippen LogP contribution in [0.2, 0.25) is 0 Å². The Hall–Kier alpha value is -5.61. The van der Waals surface area contributed by atoms with Gasteiger partial charge in [0.05, 0.1) is 48.8 Å². The predicted molar refractivity (Wildman–Crippen MR) is 199 cm³/mol. The number of imidazole rings is 1. The van der Waals surface area contributed by atoms with E-state index in [-0.39, 0.29) is 37.1 Å². The van der Waals surface area contributed by atoms with Gasteiger partial charge in [-0.05, 0) is 53.3 Å². The Morgan fingerprint density at radius 1 is 0.750 bits per heavy atom. The number of nitrogens with zero attached hydrogens (tertiary/aromatic N) is 2. The van der Waals surface area contributed by atoms with Crippen LogP contribution in [0.1, 0.15) is 58.6 Å². The van der Waals surface area contributed by atoms with Crippen molar-refractivity contribution < 1.29 is 24.2 Å². The fraction of sp³-hybridized carbons (Fsp3) is 0.233. The van der Waals surface area contributed by atoms with Gasteiger partial charge in [-0.2, -0.15) is 0 Å². The van der Waals surface area contributed by atoms with Crippen LogP contribution < -0.4 is 10.6 Å². The molecule has 52 heavy (non-hydrogen) atoms. The standard InChI is InChI=1S/C43H42N4O5/c1-29(49)37(24-30-10-4-2-5-11-30)46-43(50)44-25-31-16-22-35(23-17-31)42-51-39(26-47-28-45-36-14-8-9-15-38(36)47)40(33-12-6-3-7-13-33)41(52-42)34-20-18-32(27-48)19-21-34/h2-23,28,37,39-42,48H,24-27H2,1H3,(H2,44,46,50)/t37-,39-,40-,41+,42?/m1/s1. The normalized spacial score (nSPS) is 19.2. The number of amides is 2. The molecule has 2 heterocycles. The number of aliphatic hydroxyl groups excluding tert-OH is 1. The number of hydrogen-bond donors (Lipinski definition) is 3. The van der Waals surface area contributed by atoms with Crippen LogP contribution in [-0.2, 0) is 40.4 Å². The first kappa shape index (κ1) is 34.8. The van der Waals surface area contributed by atoms with Gasteiger partial charge in [-0.15, -0.1) is 0 Å². The highest BCUT2D eigenvalue weighted by atomic mass is 16.7. The molecular weight excluding hydrogens is 652 g/mol. The van der Waals surface area contributed by atoms with Crippen LogP contribution in [-0.4, -0.2) is 38.6 Å². The lowest BCUT2D eigenvalue weighted by atomic mass is 9.83. The van der Waals surface area contributed by atoms with Crippen LogP contribution >= 0.6 is 0 Å². The fourth-order valence-electron chi connectivity index (χ4n) is 6.85. The zero-order valence-corrected chi connectivity index (χ0v) is 29.0. The van der Waals surface area contributed by atoms with Gasteiger partial charge in [-0.25, -0.2) is 9.78 Å². The van der Waals surface area contributed by atoms with Gasteiger partial charge < -0.3 is 29.8 Å². The average molecular weight is 695 g/mol. The van der Waals surface area contributed by atoms with Gasteiger partial charge in [0.25, 0.3) is 0 Å². The van der Waals surface area contributed by atoms with Crippen molar-refractivity contribution in [2.24, 2.45) is 0 Å². The number of hydrogen-bond acceptors (Lipinski definition) is 6. The maximum Gasteiger partial charge on any atom is 0.315 e. The number of aliphatic hydroxyl groups is 1. The van der Waals surface area contributed by atoms with Crippen molar-refractivity contribution in [2.45, 2.75) is 63.5 Å². The number of aromatic nitrogens is 2. The molecule has 264 valence electrons. The average Bonchev–Trinajstić information content (AvgIpc) is 3.60. The SMILES string of the molecule is CC(=O)[C@@H](Cc1ccccc1)NC(=O)NCc1ccc(C2O[C@H](Cn3cnc4ccccc43)[C@@H](c3ccccc3)[C@H](c3ccc(CO)cc3)O2)cc1. The minimum atomic E-state index is -0.679. The number of carbonyl (C=O) groups is 2. The van der Waals surface area contributed by atoms with E-state index in [2.05, 4.69) is 38.4 Å². The first-order valence-corrected chi connectivity index (χ1v) is 17.6. The third-order valence-electron chi connectivity index (χ3n) is 9.66. The predicted octanol–water partition coefficient (Wildman–Crippen LogP) is 7.17. The number of urea groups is 1. The topological polar surface area (TPSA) is 115 Å². The number of carbonyl (C=O) groups excluding carboxylic acids is 2. The minimum Gasteiger partial charge on any atom is -0.392 e. The smallest absolute Gasteiger partial charge is 0.315 e. The molecule has 9 heteroatoms. The van der Waals surface area contributed by atoms with E-state index >= 15 is 0 Å². The number of ketones is 1. The molecule has 0 spiro atoms. The van der Waals surface area contributed by atoms with Crippen molar-refractivity contribution in [3.63, 3.8) is 0 Å². The maximum absolute atomic E-state index is 12.8. The molecule has 1 saturated heterocycles. The minimum absolute atomic E-state index is 0.0379. The highest BCUT2D eigenvalue weighted by Gasteiger charge is 2.42. The highest BCUT2D eigenvalue weighted by molar-refractivity contribution is 5.87. The summed E-state index contributed by atoms with van der Waals surface area (Å²) in [6.07, 6.45) is 0.960. The van der Waals surface area contributed by atoms with Gasteiger partial charge in [0, 0.05) is 18.0 Å². The molecular formula is C43H42N4O5. The van der Waals surface area contributed by atoms with E-state index in [1.54, 1.807) is 0 Å². The largest absolute Gasteiger partial charge is 0.392 e. The lowest BCUT2D eigenvalue weighted by Gasteiger charge is -2.43. The van der Waals surface area contributed by atoms with E-state index in [4.69, 9.17) is 9.47 Å². The molecule has 0 bridgehead atoms. The summed E-state index contributed by atoms with van der Waals surface area (Å²) < 4.78 is 15.9. The fourth-order valence-corrected chi connectivity index (χ4v) is 6.85. The van der Waals surface area contributed by atoms with Crippen molar-refractivity contribution in [3.05, 3.63) is 173 Å². The third-order valence-corrected chi connectivity index (χ3v) is 9.66. The summed E-state index contributed by atoms with van der Waals surface area (Å²) in [7, 11) is 0. The zero-order chi connectivity index (χ0) is 35.9. The maximum atomic E-state index is 12.8. The molecule has 6 aromatic rings. The van der Waals surface area contributed by atoms with Gasteiger partial charge in [0.2, 0.25) is 0 Å². The Labute approximate surface area is 303 Å². The number of rotatable bonds is 12. The van der Waals surface area contributed by atoms with Crippen LogP contribution in [0.3, 0.4) is 0 Å². The van der Waals surface area contributed by atoms with Crippen LogP contribution in [0.5, 0.6) is 0 Å². The van der Waals surface area contributed by atoms with Crippen LogP contribution in [0.25, 0.3) is 11.0 Å². The number of nitrogens with one attached hydrogen (secondary N) is 2. The second kappa shape index (κ2) is 16.2. The molecule has 1 aliphatic heterocycles. The zero-order valence-electron chi connectivity index (χ0n) is 29.0. The molecule has 9 nitrogen and oxygen atoms in total. The van der Waals surface area contributed by atoms with Crippen LogP contribution in [0.15, 0.2) is 140 Å². The van der Waals surface area contributed by atoms with E-state index in [1.165, 1.54) is 6.92 Å². The van der Waals surface area contributed by atoms with Gasteiger partial charge in [0.15, 0.2) is 12.1 Å². The molecule has 1 aliphatic rings. The van der Waals surface area contributed by atoms with E-state index in [0.29, 0.717) is 13.0 Å². The lowest BCUT2D eigenvalue weighted by molar-refractivity contribution is -0.263. The summed E-state index contributed by atoms with van der Waals surface area (Å²) in [4.78, 5) is 29.7. The monoisotopic (exact) mass is 694 g/mol. The van der Waals surface area contributed by atoms with E-state index in [1.807, 2.05) is 122 Å². The molecule has 1 aromatic heterocycles. The van der Waals surface area contributed by atoms with Gasteiger partial charge in [0.1, 0.15) is 0 Å². The quantitative estimate of drug-likeness (QED) is 0.125. The number of fused-ring (bicyclic) bond motifs is 1. The molecule has 3 N–H and O–H groups in total. The summed E-state index contributed by atoms with van der Waals surface area (Å²) in [5.41, 5.74) is 7.57. The molecule has 5 aromatic carbocycles. The molecule has 0 saturated carbocycles. The van der Waals surface area contributed by atoms with Crippen molar-refractivity contribution in [1.82, 2.24) is 20.2 Å². The Morgan fingerprint density at radius 3 is 2.12 bits per heavy atom. The molecule has 7 rings (SSSR count). The second-order valence-electron chi connectivity index (χ2n) is 13.2. The Bertz CT molecular complexity index is 2080. The summed E-state index contributed by atoms with van der Waals surface area (Å²) in [5.74, 6) is -0.256. The Balaban J connectivity index is 1.11. The second-order valence-corrected chi connectivity index (χ2v) is 13.2. The number of para-hydroxylation sites is 2. The molecule has 2 amide bonds. The Morgan fingerprint density at radius 2 is 1.40 bits per heavy atom. The van der Waals surface area contributed by atoms with Crippen LogP contribution in [0, 0.1) is 0 Å². The molecule has 1 fully saturated rings. The van der Waals surface area contributed by atoms with Gasteiger partial charge >= 0.3 is 6.03 Å². The van der Waals surface area contributed by atoms with E-state index < -0.39 is 18.4 Å². The summed E-state index contributed by atoms with van der Waals surface area (Å²) in [5, 5.41) is 15.4. The number of Topliss-reactive ketones (excluding diaryl/α,β-unsaturated/α-hetero) is 1. The van der Waals surface area contributed by atoms with Crippen molar-refractivity contribution in [3.8, 4) is 0 Å². The molecule has 0 aliphatic carbocycles. The van der Waals surface area contributed by atoms with E-state index in [0.717, 1.165) is 44.4 Å². The summed E-state index contributed by atoms with van der Waals surface area (Å²) in [6.45, 7) is 2.28. The molecule has 5 atom stereocenters. The first-order chi connectivity index (χ1) is 25.4. The lowest BCUT2D eigenvalue weighted by Crippen LogP contribution is -2.46. The first-order valence-electron chi connectivity index (χ1n) is 17.6. The van der Waals surface area contributed by atoms with Crippen LogP contribution in [0.4, 0.5) is 4.79 Å². The molecule has 0 radical (unpaired) electrons. The van der Waals surface area contributed by atoms with E-state index in [9.17, 15) is 14.7 Å². The summed E-state index contributed by atoms with van der Waals surface area (Å²) in [6, 6.07) is 42.7. The number of ether oxygens (including phenoxy) is 2.